The minimum Gasteiger partial charge on any atom is -0.351 e. The first kappa shape index (κ1) is 16.0. The fourth-order valence-corrected chi connectivity index (χ4v) is 4.44. The standard InChI is InChI=1S/C13H13BrN2O3S2/c1-9(17)15-8-10-6-7-13(20-10)21(18,19)16-12-5-3-2-4-11(12)14/h2-7,16H,8H2,1H3,(H,15,17). The maximum atomic E-state index is 12.3. The summed E-state index contributed by atoms with van der Waals surface area (Å²) in [6, 6.07) is 10.2. The number of hydrogen-bond acceptors (Lipinski definition) is 4. The molecule has 0 spiro atoms. The van der Waals surface area contributed by atoms with E-state index in [2.05, 4.69) is 26.0 Å². The van der Waals surface area contributed by atoms with Crippen molar-refractivity contribution in [3.8, 4) is 0 Å². The van der Waals surface area contributed by atoms with Crippen LogP contribution in [0.15, 0.2) is 45.1 Å². The Labute approximate surface area is 135 Å². The van der Waals surface area contributed by atoms with Gasteiger partial charge in [0, 0.05) is 16.3 Å². The number of thiophene rings is 1. The summed E-state index contributed by atoms with van der Waals surface area (Å²) < 4.78 is 28.0. The molecule has 2 rings (SSSR count). The second kappa shape index (κ2) is 6.59. The Morgan fingerprint density at radius 3 is 2.62 bits per heavy atom. The van der Waals surface area contributed by atoms with Gasteiger partial charge in [-0.15, -0.1) is 11.3 Å². The van der Waals surface area contributed by atoms with Gasteiger partial charge in [-0.05, 0) is 40.2 Å². The number of hydrogen-bond donors (Lipinski definition) is 2. The van der Waals surface area contributed by atoms with Crippen molar-refractivity contribution in [3.63, 3.8) is 0 Å². The summed E-state index contributed by atoms with van der Waals surface area (Å²) in [5.41, 5.74) is 0.481. The third-order valence-electron chi connectivity index (χ3n) is 2.53. The second-order valence-electron chi connectivity index (χ2n) is 4.22. The van der Waals surface area contributed by atoms with Crippen LogP contribution in [0.5, 0.6) is 0 Å². The normalized spacial score (nSPS) is 11.1. The molecule has 0 atom stereocenters. The van der Waals surface area contributed by atoms with Crippen molar-refractivity contribution in [2.75, 3.05) is 4.72 Å². The van der Waals surface area contributed by atoms with Gasteiger partial charge in [0.1, 0.15) is 4.21 Å². The summed E-state index contributed by atoms with van der Waals surface area (Å²) in [5, 5.41) is 2.63. The van der Waals surface area contributed by atoms with Crippen molar-refractivity contribution in [1.82, 2.24) is 5.32 Å². The van der Waals surface area contributed by atoms with Crippen LogP contribution in [0.3, 0.4) is 0 Å². The Hall–Kier alpha value is -1.38. The third kappa shape index (κ3) is 4.29. The number of nitrogens with one attached hydrogen (secondary N) is 2. The van der Waals surface area contributed by atoms with Gasteiger partial charge in [-0.2, -0.15) is 0 Å². The van der Waals surface area contributed by atoms with E-state index in [1.165, 1.54) is 13.0 Å². The first-order chi connectivity index (χ1) is 9.88. The van der Waals surface area contributed by atoms with E-state index in [0.717, 1.165) is 16.2 Å². The first-order valence-corrected chi connectivity index (χ1v) is 9.08. The van der Waals surface area contributed by atoms with E-state index in [1.54, 1.807) is 30.3 Å². The highest BCUT2D eigenvalue weighted by molar-refractivity contribution is 9.10. The molecule has 1 aromatic heterocycles. The van der Waals surface area contributed by atoms with Crippen molar-refractivity contribution >= 4 is 48.9 Å². The quantitative estimate of drug-likeness (QED) is 0.826. The molecule has 21 heavy (non-hydrogen) atoms. The highest BCUT2D eigenvalue weighted by Gasteiger charge is 2.18. The van der Waals surface area contributed by atoms with E-state index in [1.807, 2.05) is 0 Å². The molecule has 1 amide bonds. The molecule has 2 aromatic rings. The molecule has 1 heterocycles. The molecule has 2 N–H and O–H groups in total. The van der Waals surface area contributed by atoms with Crippen LogP contribution in [-0.4, -0.2) is 14.3 Å². The number of amides is 1. The smallest absolute Gasteiger partial charge is 0.271 e. The molecule has 1 aromatic carbocycles. The van der Waals surface area contributed by atoms with Gasteiger partial charge < -0.3 is 5.32 Å². The van der Waals surface area contributed by atoms with Gasteiger partial charge >= 0.3 is 0 Å². The molecular weight excluding hydrogens is 376 g/mol. The molecule has 0 saturated heterocycles. The summed E-state index contributed by atoms with van der Waals surface area (Å²) >= 11 is 4.42. The minimum atomic E-state index is -3.63. The van der Waals surface area contributed by atoms with Crippen LogP contribution in [0.2, 0.25) is 0 Å². The molecule has 0 saturated carbocycles. The Balaban J connectivity index is 2.17. The van der Waals surface area contributed by atoms with E-state index in [0.29, 0.717) is 16.7 Å². The predicted molar refractivity (Wildman–Crippen MR) is 86.8 cm³/mol. The third-order valence-corrected chi connectivity index (χ3v) is 6.17. The largest absolute Gasteiger partial charge is 0.351 e. The fraction of sp³-hybridized carbons (Fsp3) is 0.154. The van der Waals surface area contributed by atoms with Crippen LogP contribution < -0.4 is 10.0 Å². The molecular formula is C13H13BrN2O3S2. The van der Waals surface area contributed by atoms with Crippen molar-refractivity contribution in [3.05, 3.63) is 45.7 Å². The number of carbonyl (C=O) groups excluding carboxylic acids is 1. The highest BCUT2D eigenvalue weighted by Crippen LogP contribution is 2.27. The Kier molecular flexibility index (Phi) is 5.02. The second-order valence-corrected chi connectivity index (χ2v) is 8.15. The maximum absolute atomic E-state index is 12.3. The zero-order valence-electron chi connectivity index (χ0n) is 11.1. The van der Waals surface area contributed by atoms with Crippen molar-refractivity contribution < 1.29 is 13.2 Å². The van der Waals surface area contributed by atoms with Crippen LogP contribution in [0.1, 0.15) is 11.8 Å². The zero-order valence-corrected chi connectivity index (χ0v) is 14.3. The lowest BCUT2D eigenvalue weighted by Crippen LogP contribution is -2.18. The van der Waals surface area contributed by atoms with Gasteiger partial charge in [0.15, 0.2) is 0 Å². The number of halogens is 1. The van der Waals surface area contributed by atoms with Crippen LogP contribution in [0.4, 0.5) is 5.69 Å². The molecule has 5 nitrogen and oxygen atoms in total. The van der Waals surface area contributed by atoms with Crippen LogP contribution >= 0.6 is 27.3 Å². The Morgan fingerprint density at radius 2 is 1.95 bits per heavy atom. The average molecular weight is 389 g/mol. The van der Waals surface area contributed by atoms with Crippen LogP contribution in [0.25, 0.3) is 0 Å². The molecule has 0 aliphatic carbocycles. The Morgan fingerprint density at radius 1 is 1.24 bits per heavy atom. The molecule has 0 fully saturated rings. The van der Waals surface area contributed by atoms with E-state index >= 15 is 0 Å². The van der Waals surface area contributed by atoms with E-state index in [4.69, 9.17) is 0 Å². The van der Waals surface area contributed by atoms with E-state index in [9.17, 15) is 13.2 Å². The molecule has 0 aliphatic rings. The molecule has 8 heteroatoms. The average Bonchev–Trinajstić information content (AvgIpc) is 2.88. The monoisotopic (exact) mass is 388 g/mol. The van der Waals surface area contributed by atoms with Gasteiger partial charge in [0.2, 0.25) is 5.91 Å². The van der Waals surface area contributed by atoms with E-state index in [-0.39, 0.29) is 10.1 Å². The number of anilines is 1. The lowest BCUT2D eigenvalue weighted by atomic mass is 10.3. The van der Waals surface area contributed by atoms with Crippen molar-refractivity contribution in [2.45, 2.75) is 17.7 Å². The molecule has 0 radical (unpaired) electrons. The number of sulfonamides is 1. The van der Waals surface area contributed by atoms with Gasteiger partial charge in [0.05, 0.1) is 12.2 Å². The molecule has 0 bridgehead atoms. The molecule has 0 aliphatic heterocycles. The zero-order chi connectivity index (χ0) is 15.5. The van der Waals surface area contributed by atoms with Crippen LogP contribution in [0, 0.1) is 0 Å². The topological polar surface area (TPSA) is 75.3 Å². The van der Waals surface area contributed by atoms with Gasteiger partial charge in [-0.3, -0.25) is 9.52 Å². The minimum absolute atomic E-state index is 0.154. The summed E-state index contributed by atoms with van der Waals surface area (Å²) in [6.07, 6.45) is 0. The number of carbonyl (C=O) groups is 1. The summed E-state index contributed by atoms with van der Waals surface area (Å²) in [5.74, 6) is -0.154. The van der Waals surface area contributed by atoms with Gasteiger partial charge in [0.25, 0.3) is 10.0 Å². The maximum Gasteiger partial charge on any atom is 0.271 e. The van der Waals surface area contributed by atoms with Crippen LogP contribution in [-0.2, 0) is 21.4 Å². The molecule has 112 valence electrons. The number of benzene rings is 1. The van der Waals surface area contributed by atoms with Gasteiger partial charge in [-0.1, -0.05) is 12.1 Å². The first-order valence-electron chi connectivity index (χ1n) is 5.99. The highest BCUT2D eigenvalue weighted by atomic mass is 79.9. The predicted octanol–water partition coefficient (Wildman–Crippen LogP) is 2.95. The summed E-state index contributed by atoms with van der Waals surface area (Å²) in [7, 11) is -3.63. The number of rotatable bonds is 5. The summed E-state index contributed by atoms with van der Waals surface area (Å²) in [4.78, 5) is 11.6. The van der Waals surface area contributed by atoms with E-state index < -0.39 is 10.0 Å². The van der Waals surface area contributed by atoms with Gasteiger partial charge in [-0.25, -0.2) is 8.42 Å². The van der Waals surface area contributed by atoms with Crippen molar-refractivity contribution in [2.24, 2.45) is 0 Å². The lowest BCUT2D eigenvalue weighted by Gasteiger charge is -2.07. The number of para-hydroxylation sites is 1. The Bertz CT molecular complexity index is 756. The fourth-order valence-electron chi connectivity index (χ4n) is 1.55. The molecule has 0 unspecified atom stereocenters. The SMILES string of the molecule is CC(=O)NCc1ccc(S(=O)(=O)Nc2ccccc2Br)s1. The summed E-state index contributed by atoms with van der Waals surface area (Å²) in [6.45, 7) is 1.74. The lowest BCUT2D eigenvalue weighted by molar-refractivity contribution is -0.119. The van der Waals surface area contributed by atoms with Crippen molar-refractivity contribution in [1.29, 1.82) is 0 Å².